The second-order valence-corrected chi connectivity index (χ2v) is 4.27. The number of carboxylic acids is 1. The average molecular weight is 297 g/mol. The predicted octanol–water partition coefficient (Wildman–Crippen LogP) is 2.93. The number of alkyl halides is 2. The molecule has 90 valence electrons. The van der Waals surface area contributed by atoms with E-state index in [0.29, 0.717) is 5.69 Å². The molecule has 1 aromatic heterocycles. The summed E-state index contributed by atoms with van der Waals surface area (Å²) in [4.78, 5) is 10.5. The normalized spacial score (nSPS) is 13.1. The van der Waals surface area contributed by atoms with Crippen molar-refractivity contribution in [3.63, 3.8) is 0 Å². The van der Waals surface area contributed by atoms with Gasteiger partial charge in [0.2, 0.25) is 0 Å². The fourth-order valence-corrected chi connectivity index (χ4v) is 1.85. The number of hydrogen-bond acceptors (Lipinski definition) is 2. The number of carboxylic acid groups (broad SMARTS) is 1. The lowest BCUT2D eigenvalue weighted by Crippen LogP contribution is -2.15. The molecular weight excluding hydrogens is 286 g/mol. The van der Waals surface area contributed by atoms with Crippen LogP contribution in [0.15, 0.2) is 4.47 Å². The molecule has 4 nitrogen and oxygen atoms in total. The average Bonchev–Trinajstić information content (AvgIpc) is 2.42. The Balaban J connectivity index is 3.12. The molecule has 0 bridgehead atoms. The van der Waals surface area contributed by atoms with Crippen LogP contribution in [0.25, 0.3) is 0 Å². The summed E-state index contributed by atoms with van der Waals surface area (Å²) in [7, 11) is 0. The molecule has 0 spiro atoms. The molecule has 0 aliphatic heterocycles. The highest BCUT2D eigenvalue weighted by atomic mass is 79.9. The molecule has 1 heterocycles. The third-order valence-corrected chi connectivity index (χ3v) is 3.12. The van der Waals surface area contributed by atoms with Gasteiger partial charge in [-0.05, 0) is 29.8 Å². The number of carbonyl (C=O) groups is 1. The van der Waals surface area contributed by atoms with Crippen molar-refractivity contribution < 1.29 is 18.7 Å². The van der Waals surface area contributed by atoms with Gasteiger partial charge in [0.1, 0.15) is 5.69 Å². The smallest absolute Gasteiger partial charge is 0.305 e. The zero-order valence-corrected chi connectivity index (χ0v) is 10.3. The molecular formula is C9H11BrF2N2O2. The van der Waals surface area contributed by atoms with E-state index in [-0.39, 0.29) is 16.6 Å². The van der Waals surface area contributed by atoms with Gasteiger partial charge in [-0.3, -0.25) is 9.48 Å². The Kier molecular flexibility index (Phi) is 4.01. The molecule has 1 atom stereocenters. The summed E-state index contributed by atoms with van der Waals surface area (Å²) in [5.41, 5.74) is 0.152. The molecule has 1 aromatic rings. The lowest BCUT2D eigenvalue weighted by Gasteiger charge is -2.13. The van der Waals surface area contributed by atoms with Crippen molar-refractivity contribution in [1.29, 1.82) is 0 Å². The van der Waals surface area contributed by atoms with E-state index >= 15 is 0 Å². The second kappa shape index (κ2) is 4.90. The number of rotatable bonds is 4. The van der Waals surface area contributed by atoms with Crippen LogP contribution in [0.2, 0.25) is 0 Å². The minimum absolute atomic E-state index is 0.236. The van der Waals surface area contributed by atoms with Gasteiger partial charge in [-0.25, -0.2) is 8.78 Å². The van der Waals surface area contributed by atoms with Crippen molar-refractivity contribution in [2.75, 3.05) is 0 Å². The molecule has 0 aromatic carbocycles. The van der Waals surface area contributed by atoms with Crippen molar-refractivity contribution in [2.45, 2.75) is 32.7 Å². The first-order valence-corrected chi connectivity index (χ1v) is 5.38. The molecule has 0 unspecified atom stereocenters. The molecule has 7 heteroatoms. The Morgan fingerprint density at radius 2 is 2.19 bits per heavy atom. The second-order valence-electron chi connectivity index (χ2n) is 3.48. The molecule has 0 saturated carbocycles. The fourth-order valence-electron chi connectivity index (χ4n) is 1.42. The first-order valence-electron chi connectivity index (χ1n) is 4.59. The Morgan fingerprint density at radius 3 is 2.62 bits per heavy atom. The molecule has 1 N–H and O–H groups in total. The largest absolute Gasteiger partial charge is 0.481 e. The van der Waals surface area contributed by atoms with Crippen LogP contribution in [0.3, 0.4) is 0 Å². The van der Waals surface area contributed by atoms with E-state index in [1.165, 1.54) is 0 Å². The minimum atomic E-state index is -2.69. The standard InChI is InChI=1S/C9H11BrF2N2O2/c1-4(3-6(15)16)14-8(9(11)12)7(10)5(2)13-14/h4,9H,3H2,1-2H3,(H,15,16)/t4-/m0/s1. The van der Waals surface area contributed by atoms with Gasteiger partial charge >= 0.3 is 5.97 Å². The number of aromatic nitrogens is 2. The van der Waals surface area contributed by atoms with Crippen LogP contribution in [-0.4, -0.2) is 20.9 Å². The van der Waals surface area contributed by atoms with Crippen LogP contribution in [0.5, 0.6) is 0 Å². The van der Waals surface area contributed by atoms with E-state index in [2.05, 4.69) is 21.0 Å². The molecule has 0 fully saturated rings. The van der Waals surface area contributed by atoms with Crippen LogP contribution in [0.1, 0.15) is 37.2 Å². The van der Waals surface area contributed by atoms with Crippen LogP contribution < -0.4 is 0 Å². The van der Waals surface area contributed by atoms with E-state index < -0.39 is 18.4 Å². The van der Waals surface area contributed by atoms with E-state index in [4.69, 9.17) is 5.11 Å². The van der Waals surface area contributed by atoms with Gasteiger partial charge in [-0.15, -0.1) is 0 Å². The highest BCUT2D eigenvalue weighted by Crippen LogP contribution is 2.32. The van der Waals surface area contributed by atoms with E-state index in [9.17, 15) is 13.6 Å². The van der Waals surface area contributed by atoms with Gasteiger partial charge in [0, 0.05) is 0 Å². The van der Waals surface area contributed by atoms with Gasteiger partial charge in [-0.1, -0.05) is 0 Å². The Bertz CT molecular complexity index is 406. The molecule has 0 aliphatic carbocycles. The summed E-state index contributed by atoms with van der Waals surface area (Å²) in [5, 5.41) is 12.5. The summed E-state index contributed by atoms with van der Waals surface area (Å²) in [6.07, 6.45) is -2.93. The monoisotopic (exact) mass is 296 g/mol. The number of aryl methyl sites for hydroxylation is 1. The van der Waals surface area contributed by atoms with E-state index in [0.717, 1.165) is 4.68 Å². The topological polar surface area (TPSA) is 55.1 Å². The maximum Gasteiger partial charge on any atom is 0.305 e. The SMILES string of the molecule is Cc1nn([C@@H](C)CC(=O)O)c(C(F)F)c1Br. The maximum atomic E-state index is 12.8. The lowest BCUT2D eigenvalue weighted by molar-refractivity contribution is -0.137. The summed E-state index contributed by atoms with van der Waals surface area (Å²) in [6.45, 7) is 3.12. The highest BCUT2D eigenvalue weighted by Gasteiger charge is 2.25. The highest BCUT2D eigenvalue weighted by molar-refractivity contribution is 9.10. The van der Waals surface area contributed by atoms with Crippen molar-refractivity contribution in [3.05, 3.63) is 15.9 Å². The molecule has 0 amide bonds. The quantitative estimate of drug-likeness (QED) is 0.929. The predicted molar refractivity (Wildman–Crippen MR) is 56.6 cm³/mol. The first-order chi connectivity index (χ1) is 7.34. The Labute approximate surface area is 99.4 Å². The van der Waals surface area contributed by atoms with Gasteiger partial charge < -0.3 is 5.11 Å². The van der Waals surface area contributed by atoms with E-state index in [1.54, 1.807) is 13.8 Å². The van der Waals surface area contributed by atoms with Gasteiger partial charge in [-0.2, -0.15) is 5.10 Å². The van der Waals surface area contributed by atoms with Gasteiger partial charge in [0.15, 0.2) is 0 Å². The number of aliphatic carboxylic acids is 1. The van der Waals surface area contributed by atoms with Crippen LogP contribution in [0, 0.1) is 6.92 Å². The Morgan fingerprint density at radius 1 is 1.62 bits per heavy atom. The summed E-state index contributed by atoms with van der Waals surface area (Å²) < 4.78 is 26.8. The number of nitrogens with zero attached hydrogens (tertiary/aromatic N) is 2. The third-order valence-electron chi connectivity index (χ3n) is 2.14. The number of hydrogen-bond donors (Lipinski definition) is 1. The summed E-state index contributed by atoms with van der Waals surface area (Å²) in [6, 6.07) is -0.605. The minimum Gasteiger partial charge on any atom is -0.481 e. The van der Waals surface area contributed by atoms with Crippen molar-refractivity contribution in [1.82, 2.24) is 9.78 Å². The summed E-state index contributed by atoms with van der Waals surface area (Å²) >= 11 is 3.03. The Hall–Kier alpha value is -0.980. The molecule has 0 saturated heterocycles. The van der Waals surface area contributed by atoms with Crippen molar-refractivity contribution in [3.8, 4) is 0 Å². The van der Waals surface area contributed by atoms with Gasteiger partial charge in [0.25, 0.3) is 6.43 Å². The van der Waals surface area contributed by atoms with Crippen LogP contribution in [0.4, 0.5) is 8.78 Å². The zero-order chi connectivity index (χ0) is 12.5. The molecule has 1 rings (SSSR count). The zero-order valence-electron chi connectivity index (χ0n) is 8.75. The van der Waals surface area contributed by atoms with Crippen LogP contribution in [-0.2, 0) is 4.79 Å². The molecule has 16 heavy (non-hydrogen) atoms. The summed E-state index contributed by atoms with van der Waals surface area (Å²) in [5.74, 6) is -1.04. The lowest BCUT2D eigenvalue weighted by atomic mass is 10.2. The first kappa shape index (κ1) is 13.1. The van der Waals surface area contributed by atoms with Crippen molar-refractivity contribution >= 4 is 21.9 Å². The van der Waals surface area contributed by atoms with Crippen LogP contribution >= 0.6 is 15.9 Å². The number of halogens is 3. The molecule has 0 radical (unpaired) electrons. The third kappa shape index (κ3) is 2.58. The fraction of sp³-hybridized carbons (Fsp3) is 0.556. The van der Waals surface area contributed by atoms with E-state index in [1.807, 2.05) is 0 Å². The van der Waals surface area contributed by atoms with Crippen molar-refractivity contribution in [2.24, 2.45) is 0 Å². The maximum absolute atomic E-state index is 12.8. The molecule has 0 aliphatic rings. The van der Waals surface area contributed by atoms with Gasteiger partial charge in [0.05, 0.1) is 22.6 Å².